The van der Waals surface area contributed by atoms with E-state index >= 15 is 0 Å². The Balaban J connectivity index is 1.81. The van der Waals surface area contributed by atoms with Gasteiger partial charge in [0.2, 0.25) is 0 Å². The molecular formula is C24H18O2. The second-order valence-corrected chi connectivity index (χ2v) is 6.54. The van der Waals surface area contributed by atoms with Crippen molar-refractivity contribution < 1.29 is 9.47 Å². The third kappa shape index (κ3) is 2.05. The summed E-state index contributed by atoms with van der Waals surface area (Å²) in [6, 6.07) is 23.3. The highest BCUT2D eigenvalue weighted by Crippen LogP contribution is 2.54. The number of allylic oxidation sites excluding steroid dienone is 2. The van der Waals surface area contributed by atoms with Crippen molar-refractivity contribution in [2.24, 2.45) is 0 Å². The van der Waals surface area contributed by atoms with Gasteiger partial charge in [-0.3, -0.25) is 0 Å². The molecule has 0 atom stereocenters. The van der Waals surface area contributed by atoms with E-state index in [1.165, 1.54) is 44.5 Å². The second kappa shape index (κ2) is 5.63. The third-order valence-corrected chi connectivity index (χ3v) is 5.21. The molecule has 3 aromatic rings. The van der Waals surface area contributed by atoms with E-state index in [1.54, 1.807) is 14.2 Å². The first-order valence-electron chi connectivity index (χ1n) is 8.69. The summed E-state index contributed by atoms with van der Waals surface area (Å²) in [4.78, 5) is 0. The van der Waals surface area contributed by atoms with Crippen molar-refractivity contribution in [3.63, 3.8) is 0 Å². The zero-order valence-corrected chi connectivity index (χ0v) is 14.7. The van der Waals surface area contributed by atoms with Crippen molar-refractivity contribution in [1.82, 2.24) is 0 Å². The van der Waals surface area contributed by atoms with Crippen LogP contribution in [0.25, 0.3) is 22.8 Å². The number of ether oxygens (including phenoxy) is 2. The van der Waals surface area contributed by atoms with E-state index < -0.39 is 0 Å². The van der Waals surface area contributed by atoms with Crippen molar-refractivity contribution in [3.05, 3.63) is 94.5 Å². The van der Waals surface area contributed by atoms with Crippen LogP contribution in [0.3, 0.4) is 0 Å². The molecule has 0 unspecified atom stereocenters. The number of fused-ring (bicyclic) bond motifs is 5. The van der Waals surface area contributed by atoms with Gasteiger partial charge in [-0.15, -0.1) is 0 Å². The van der Waals surface area contributed by atoms with E-state index in [9.17, 15) is 0 Å². The fraction of sp³-hybridized carbons (Fsp3) is 0.0833. The monoisotopic (exact) mass is 338 g/mol. The molecule has 0 aromatic heterocycles. The molecule has 0 fully saturated rings. The lowest BCUT2D eigenvalue weighted by Crippen LogP contribution is -1.92. The Morgan fingerprint density at radius 1 is 0.615 bits per heavy atom. The Kier molecular flexibility index (Phi) is 3.26. The highest BCUT2D eigenvalue weighted by atomic mass is 16.5. The summed E-state index contributed by atoms with van der Waals surface area (Å²) >= 11 is 0. The first-order valence-corrected chi connectivity index (χ1v) is 8.69. The number of methoxy groups -OCH3 is 2. The summed E-state index contributed by atoms with van der Waals surface area (Å²) in [6.45, 7) is 0. The van der Waals surface area contributed by atoms with Gasteiger partial charge in [0.15, 0.2) is 0 Å². The van der Waals surface area contributed by atoms with Crippen molar-refractivity contribution in [2.45, 2.75) is 0 Å². The summed E-state index contributed by atoms with van der Waals surface area (Å²) in [5.41, 5.74) is 10.1. The molecule has 0 saturated heterocycles. The van der Waals surface area contributed by atoms with Crippen LogP contribution in [0.5, 0.6) is 11.5 Å². The van der Waals surface area contributed by atoms with Crippen molar-refractivity contribution >= 4 is 22.8 Å². The molecule has 26 heavy (non-hydrogen) atoms. The van der Waals surface area contributed by atoms with Gasteiger partial charge in [-0.2, -0.15) is 0 Å². The summed E-state index contributed by atoms with van der Waals surface area (Å²) in [6.07, 6.45) is 2.30. The molecule has 0 spiro atoms. The fourth-order valence-electron chi connectivity index (χ4n) is 3.99. The van der Waals surface area contributed by atoms with Crippen molar-refractivity contribution in [1.29, 1.82) is 0 Å². The predicted octanol–water partition coefficient (Wildman–Crippen LogP) is 5.53. The van der Waals surface area contributed by atoms with Gasteiger partial charge in [-0.1, -0.05) is 42.5 Å². The number of benzene rings is 3. The summed E-state index contributed by atoms with van der Waals surface area (Å²) < 4.78 is 10.8. The van der Waals surface area contributed by atoms with Crippen molar-refractivity contribution in [3.8, 4) is 11.5 Å². The topological polar surface area (TPSA) is 18.5 Å². The van der Waals surface area contributed by atoms with Crippen LogP contribution in [0.1, 0.15) is 27.8 Å². The average molecular weight is 338 g/mol. The van der Waals surface area contributed by atoms with Crippen LogP contribution in [0, 0.1) is 0 Å². The molecule has 0 saturated carbocycles. The minimum atomic E-state index is 0.866. The minimum absolute atomic E-state index is 0.866. The molecule has 2 aliphatic carbocycles. The van der Waals surface area contributed by atoms with Gasteiger partial charge in [0.1, 0.15) is 11.5 Å². The lowest BCUT2D eigenvalue weighted by molar-refractivity contribution is 0.414. The normalized spacial score (nSPS) is 13.8. The van der Waals surface area contributed by atoms with Gasteiger partial charge in [-0.25, -0.2) is 0 Å². The molecular weight excluding hydrogens is 320 g/mol. The zero-order chi connectivity index (χ0) is 17.7. The smallest absolute Gasteiger partial charge is 0.119 e. The first kappa shape index (κ1) is 15.0. The maximum Gasteiger partial charge on any atom is 0.119 e. The highest BCUT2D eigenvalue weighted by molar-refractivity contribution is 6.31. The Bertz CT molecular complexity index is 1090. The van der Waals surface area contributed by atoms with E-state index in [2.05, 4.69) is 54.6 Å². The SMILES string of the molecule is COc1ccc(C2=C3C(=Cc4ccccc43)c3ccc(OC)cc32)cc1. The highest BCUT2D eigenvalue weighted by Gasteiger charge is 2.32. The van der Waals surface area contributed by atoms with Crippen molar-refractivity contribution in [2.75, 3.05) is 14.2 Å². The maximum absolute atomic E-state index is 5.49. The summed E-state index contributed by atoms with van der Waals surface area (Å²) in [5, 5.41) is 0. The van der Waals surface area contributed by atoms with E-state index in [1.807, 2.05) is 18.2 Å². The minimum Gasteiger partial charge on any atom is -0.497 e. The molecule has 3 aromatic carbocycles. The quantitative estimate of drug-likeness (QED) is 0.625. The van der Waals surface area contributed by atoms with Crippen LogP contribution in [0.4, 0.5) is 0 Å². The average Bonchev–Trinajstić information content (AvgIpc) is 3.22. The van der Waals surface area contributed by atoms with E-state index in [4.69, 9.17) is 9.47 Å². The number of hydrogen-bond donors (Lipinski definition) is 0. The molecule has 0 bridgehead atoms. The maximum atomic E-state index is 5.49. The molecule has 0 amide bonds. The first-order chi connectivity index (χ1) is 12.8. The Morgan fingerprint density at radius 3 is 2.12 bits per heavy atom. The second-order valence-electron chi connectivity index (χ2n) is 6.54. The van der Waals surface area contributed by atoms with E-state index in [0.717, 1.165) is 11.5 Å². The van der Waals surface area contributed by atoms with Crippen LogP contribution >= 0.6 is 0 Å². The molecule has 2 heteroatoms. The van der Waals surface area contributed by atoms with Gasteiger partial charge >= 0.3 is 0 Å². The van der Waals surface area contributed by atoms with Crippen LogP contribution in [0.15, 0.2) is 66.7 Å². The lowest BCUT2D eigenvalue weighted by atomic mass is 9.94. The third-order valence-electron chi connectivity index (χ3n) is 5.21. The predicted molar refractivity (Wildman–Crippen MR) is 106 cm³/mol. The van der Waals surface area contributed by atoms with E-state index in [0.29, 0.717) is 0 Å². The Hall–Kier alpha value is -3.26. The molecule has 0 aliphatic heterocycles. The molecule has 0 heterocycles. The standard InChI is InChI=1S/C24H18O2/c1-25-17-9-7-15(8-10-17)23-22-14-18(26-2)11-12-20(22)21-13-16-5-3-4-6-19(16)24(21)23/h3-14H,1-2H3. The van der Waals surface area contributed by atoms with Crippen LogP contribution in [0.2, 0.25) is 0 Å². The Labute approximate surface area is 153 Å². The molecule has 0 N–H and O–H groups in total. The largest absolute Gasteiger partial charge is 0.497 e. The molecule has 5 rings (SSSR count). The Morgan fingerprint density at radius 2 is 1.35 bits per heavy atom. The van der Waals surface area contributed by atoms with Crippen LogP contribution in [-0.4, -0.2) is 14.2 Å². The number of rotatable bonds is 3. The summed E-state index contributed by atoms with van der Waals surface area (Å²) in [5.74, 6) is 1.75. The zero-order valence-electron chi connectivity index (χ0n) is 14.7. The van der Waals surface area contributed by atoms with Gasteiger partial charge in [0, 0.05) is 0 Å². The lowest BCUT2D eigenvalue weighted by Gasteiger charge is -2.11. The van der Waals surface area contributed by atoms with Gasteiger partial charge in [0.05, 0.1) is 14.2 Å². The molecule has 126 valence electrons. The van der Waals surface area contributed by atoms with E-state index in [-0.39, 0.29) is 0 Å². The van der Waals surface area contributed by atoms with Gasteiger partial charge < -0.3 is 9.47 Å². The fourth-order valence-corrected chi connectivity index (χ4v) is 3.99. The summed E-state index contributed by atoms with van der Waals surface area (Å²) in [7, 11) is 3.41. The van der Waals surface area contributed by atoms with Gasteiger partial charge in [-0.05, 0) is 74.9 Å². The molecule has 2 nitrogen and oxygen atoms in total. The molecule has 2 aliphatic rings. The van der Waals surface area contributed by atoms with Crippen LogP contribution < -0.4 is 9.47 Å². The molecule has 0 radical (unpaired) electrons. The van der Waals surface area contributed by atoms with Crippen LogP contribution in [-0.2, 0) is 0 Å². The van der Waals surface area contributed by atoms with Gasteiger partial charge in [0.25, 0.3) is 0 Å². The number of hydrogen-bond acceptors (Lipinski definition) is 2.